The second-order valence-corrected chi connectivity index (χ2v) is 6.14. The van der Waals surface area contributed by atoms with Crippen molar-refractivity contribution in [2.24, 2.45) is 0 Å². The van der Waals surface area contributed by atoms with E-state index in [1.807, 2.05) is 12.1 Å². The van der Waals surface area contributed by atoms with Crippen LogP contribution < -0.4 is 4.74 Å². The first-order valence-corrected chi connectivity index (χ1v) is 8.51. The summed E-state index contributed by atoms with van der Waals surface area (Å²) >= 11 is 0. The minimum absolute atomic E-state index is 0.0788. The number of aromatic carboxylic acids is 1. The number of carboxylic acids is 1. The van der Waals surface area contributed by atoms with Gasteiger partial charge in [0, 0.05) is 19.6 Å². The second-order valence-electron chi connectivity index (χ2n) is 6.14. The Balaban J connectivity index is 1.50. The normalized spacial score (nSPS) is 18.2. The van der Waals surface area contributed by atoms with Gasteiger partial charge >= 0.3 is 5.97 Å². The maximum atomic E-state index is 10.8. The summed E-state index contributed by atoms with van der Waals surface area (Å²) in [7, 11) is 0. The highest BCUT2D eigenvalue weighted by atomic mass is 16.5. The van der Waals surface area contributed by atoms with Crippen LogP contribution in [0.25, 0.3) is 0 Å². The quantitative estimate of drug-likeness (QED) is 0.831. The third-order valence-corrected chi connectivity index (χ3v) is 4.26. The van der Waals surface area contributed by atoms with Crippen molar-refractivity contribution in [1.29, 1.82) is 0 Å². The zero-order chi connectivity index (χ0) is 17.6. The molecule has 0 radical (unpaired) electrons. The van der Waals surface area contributed by atoms with Crippen LogP contribution >= 0.6 is 0 Å². The Hall–Kier alpha value is -2.31. The van der Waals surface area contributed by atoms with Crippen molar-refractivity contribution in [3.8, 4) is 5.75 Å². The van der Waals surface area contributed by atoms with Crippen molar-refractivity contribution in [2.75, 3.05) is 19.7 Å². The zero-order valence-electron chi connectivity index (χ0n) is 14.3. The van der Waals surface area contributed by atoms with E-state index in [0.29, 0.717) is 11.9 Å². The SMILES string of the molecule is CC[C@H]1CN(Cc2ccc(OCc3ccc(C(=O)O)o3)cc2)CCO1. The number of nitrogens with zero attached hydrogens (tertiary/aromatic N) is 1. The lowest BCUT2D eigenvalue weighted by atomic mass is 10.1. The van der Waals surface area contributed by atoms with Crippen LogP contribution in [0, 0.1) is 0 Å². The van der Waals surface area contributed by atoms with Crippen LogP contribution in [0.2, 0.25) is 0 Å². The summed E-state index contributed by atoms with van der Waals surface area (Å²) in [5.74, 6) is 0.0553. The summed E-state index contributed by atoms with van der Waals surface area (Å²) in [6.07, 6.45) is 1.37. The number of carbonyl (C=O) groups is 1. The lowest BCUT2D eigenvalue weighted by Gasteiger charge is -2.32. The molecule has 2 aromatic rings. The predicted molar refractivity (Wildman–Crippen MR) is 91.7 cm³/mol. The van der Waals surface area contributed by atoms with Gasteiger partial charge in [-0.15, -0.1) is 0 Å². The Morgan fingerprint density at radius 1 is 1.28 bits per heavy atom. The van der Waals surface area contributed by atoms with E-state index in [1.165, 1.54) is 11.6 Å². The van der Waals surface area contributed by atoms with Crippen molar-refractivity contribution in [3.63, 3.8) is 0 Å². The fourth-order valence-electron chi connectivity index (χ4n) is 2.85. The highest BCUT2D eigenvalue weighted by molar-refractivity contribution is 5.84. The molecule has 6 heteroatoms. The van der Waals surface area contributed by atoms with E-state index in [-0.39, 0.29) is 12.4 Å². The minimum atomic E-state index is -1.08. The van der Waals surface area contributed by atoms with Gasteiger partial charge in [-0.25, -0.2) is 4.79 Å². The van der Waals surface area contributed by atoms with Crippen molar-refractivity contribution in [3.05, 3.63) is 53.5 Å². The number of rotatable bonds is 7. The lowest BCUT2D eigenvalue weighted by Crippen LogP contribution is -2.41. The molecule has 0 aliphatic carbocycles. The monoisotopic (exact) mass is 345 g/mol. The van der Waals surface area contributed by atoms with Gasteiger partial charge in [0.05, 0.1) is 12.7 Å². The molecule has 1 aromatic carbocycles. The largest absolute Gasteiger partial charge is 0.486 e. The molecule has 0 saturated carbocycles. The van der Waals surface area contributed by atoms with Gasteiger partial charge in [0.25, 0.3) is 0 Å². The Bertz CT molecular complexity index is 694. The Morgan fingerprint density at radius 3 is 2.76 bits per heavy atom. The number of morpholine rings is 1. The highest BCUT2D eigenvalue weighted by Crippen LogP contribution is 2.18. The van der Waals surface area contributed by atoms with Crippen molar-refractivity contribution in [1.82, 2.24) is 4.90 Å². The molecular weight excluding hydrogens is 322 g/mol. The average Bonchev–Trinajstić information content (AvgIpc) is 3.11. The van der Waals surface area contributed by atoms with Crippen LogP contribution in [-0.2, 0) is 17.9 Å². The van der Waals surface area contributed by atoms with Gasteiger partial charge in [-0.3, -0.25) is 4.90 Å². The molecule has 6 nitrogen and oxygen atoms in total. The molecule has 1 aliphatic rings. The Labute approximate surface area is 147 Å². The smallest absolute Gasteiger partial charge is 0.371 e. The maximum Gasteiger partial charge on any atom is 0.371 e. The predicted octanol–water partition coefficient (Wildman–Crippen LogP) is 3.17. The number of benzene rings is 1. The maximum absolute atomic E-state index is 10.8. The highest BCUT2D eigenvalue weighted by Gasteiger charge is 2.18. The van der Waals surface area contributed by atoms with Crippen LogP contribution in [0.4, 0.5) is 0 Å². The number of hydrogen-bond acceptors (Lipinski definition) is 5. The van der Waals surface area contributed by atoms with Gasteiger partial charge in [0.15, 0.2) is 0 Å². The van der Waals surface area contributed by atoms with Crippen LogP contribution in [0.3, 0.4) is 0 Å². The fraction of sp³-hybridized carbons (Fsp3) is 0.421. The van der Waals surface area contributed by atoms with Crippen LogP contribution in [0.15, 0.2) is 40.8 Å². The van der Waals surface area contributed by atoms with Crippen LogP contribution in [0.1, 0.15) is 35.2 Å². The van der Waals surface area contributed by atoms with Crippen LogP contribution in [-0.4, -0.2) is 41.8 Å². The molecule has 0 amide bonds. The summed E-state index contributed by atoms with van der Waals surface area (Å²) in [5.41, 5.74) is 1.23. The van der Waals surface area contributed by atoms with E-state index >= 15 is 0 Å². The van der Waals surface area contributed by atoms with Gasteiger partial charge in [-0.05, 0) is 36.2 Å². The summed E-state index contributed by atoms with van der Waals surface area (Å²) in [4.78, 5) is 13.2. The van der Waals surface area contributed by atoms with Crippen molar-refractivity contribution >= 4 is 5.97 Å². The first kappa shape index (κ1) is 17.5. The topological polar surface area (TPSA) is 72.1 Å². The summed E-state index contributed by atoms with van der Waals surface area (Å²) < 4.78 is 16.5. The molecule has 1 saturated heterocycles. The first-order valence-electron chi connectivity index (χ1n) is 8.51. The minimum Gasteiger partial charge on any atom is -0.486 e. The number of ether oxygens (including phenoxy) is 2. The molecule has 0 bridgehead atoms. The zero-order valence-corrected chi connectivity index (χ0v) is 14.3. The molecule has 0 spiro atoms. The van der Waals surface area contributed by atoms with E-state index in [4.69, 9.17) is 19.0 Å². The number of hydrogen-bond donors (Lipinski definition) is 1. The second kappa shape index (κ2) is 8.18. The number of carboxylic acid groups (broad SMARTS) is 1. The van der Waals surface area contributed by atoms with E-state index < -0.39 is 5.97 Å². The molecular formula is C19H23NO5. The summed E-state index contributed by atoms with van der Waals surface area (Å²) in [5, 5.41) is 8.83. The third kappa shape index (κ3) is 4.84. The molecule has 134 valence electrons. The van der Waals surface area contributed by atoms with Crippen molar-refractivity contribution in [2.45, 2.75) is 32.6 Å². The molecule has 1 aromatic heterocycles. The van der Waals surface area contributed by atoms with E-state index in [9.17, 15) is 4.79 Å². The Kier molecular flexibility index (Phi) is 5.73. The number of furan rings is 1. The average molecular weight is 345 g/mol. The van der Waals surface area contributed by atoms with Crippen molar-refractivity contribution < 1.29 is 23.8 Å². The molecule has 25 heavy (non-hydrogen) atoms. The van der Waals surface area contributed by atoms with Gasteiger partial charge in [-0.1, -0.05) is 19.1 Å². The molecule has 2 heterocycles. The van der Waals surface area contributed by atoms with Gasteiger partial charge < -0.3 is 19.0 Å². The Morgan fingerprint density at radius 2 is 2.08 bits per heavy atom. The molecule has 3 rings (SSSR count). The molecule has 1 atom stereocenters. The van der Waals surface area contributed by atoms with Gasteiger partial charge in [-0.2, -0.15) is 0 Å². The van der Waals surface area contributed by atoms with E-state index in [2.05, 4.69) is 24.0 Å². The lowest BCUT2D eigenvalue weighted by molar-refractivity contribution is -0.0324. The fourth-order valence-corrected chi connectivity index (χ4v) is 2.85. The standard InChI is InChI=1S/C19H23NO5/c1-2-15-12-20(9-10-23-15)11-14-3-5-16(6-4-14)24-13-17-7-8-18(25-17)19(21)22/h3-8,15H,2,9-13H2,1H3,(H,21,22)/t15-/m0/s1. The van der Waals surface area contributed by atoms with Gasteiger partial charge in [0.1, 0.15) is 18.1 Å². The van der Waals surface area contributed by atoms with Gasteiger partial charge in [0.2, 0.25) is 5.76 Å². The van der Waals surface area contributed by atoms with Crippen LogP contribution in [0.5, 0.6) is 5.75 Å². The molecule has 1 N–H and O–H groups in total. The molecule has 0 unspecified atom stereocenters. The third-order valence-electron chi connectivity index (χ3n) is 4.26. The molecule has 1 fully saturated rings. The summed E-state index contributed by atoms with van der Waals surface area (Å²) in [6, 6.07) is 11.0. The molecule has 1 aliphatic heterocycles. The summed E-state index contributed by atoms with van der Waals surface area (Å²) in [6.45, 7) is 5.98. The van der Waals surface area contributed by atoms with E-state index in [0.717, 1.165) is 38.4 Å². The van der Waals surface area contributed by atoms with E-state index in [1.54, 1.807) is 6.07 Å². The first-order chi connectivity index (χ1) is 12.1.